The summed E-state index contributed by atoms with van der Waals surface area (Å²) in [7, 11) is 1.57. The molecule has 0 radical (unpaired) electrons. The van der Waals surface area contributed by atoms with Crippen LogP contribution in [0.1, 0.15) is 6.42 Å². The third-order valence-electron chi connectivity index (χ3n) is 3.77. The van der Waals surface area contributed by atoms with Crippen molar-refractivity contribution in [2.75, 3.05) is 37.0 Å². The van der Waals surface area contributed by atoms with Gasteiger partial charge in [-0.05, 0) is 24.6 Å². The first-order chi connectivity index (χ1) is 11.0. The highest BCUT2D eigenvalue weighted by Gasteiger charge is 2.34. The minimum absolute atomic E-state index is 0.00794. The van der Waals surface area contributed by atoms with E-state index < -0.39 is 0 Å². The molecule has 2 fully saturated rings. The quantitative estimate of drug-likeness (QED) is 0.813. The van der Waals surface area contributed by atoms with Gasteiger partial charge in [-0.3, -0.25) is 4.79 Å². The Labute approximate surface area is 133 Å². The lowest BCUT2D eigenvalue weighted by molar-refractivity contribution is -0.116. The highest BCUT2D eigenvalue weighted by molar-refractivity contribution is 6.19. The monoisotopic (exact) mass is 318 g/mol. The standard InChI is InChI=1S/C15H18N4O4/c1-18-8-13(20)19(15(18)22)12-4-2-3-10(7-12)16-14(21)17-11-5-6-23-9-11/h2-4,7,11H,5-6,8-9H2,1H3,(H2,16,17,21). The van der Waals surface area contributed by atoms with Crippen molar-refractivity contribution in [1.82, 2.24) is 10.2 Å². The third kappa shape index (κ3) is 3.26. The van der Waals surface area contributed by atoms with Crippen LogP contribution in [-0.4, -0.2) is 55.7 Å². The van der Waals surface area contributed by atoms with Crippen LogP contribution in [0.3, 0.4) is 0 Å². The Morgan fingerprint density at radius 1 is 1.35 bits per heavy atom. The first kappa shape index (κ1) is 15.3. The molecule has 2 aliphatic heterocycles. The van der Waals surface area contributed by atoms with Crippen LogP contribution in [0, 0.1) is 0 Å². The summed E-state index contributed by atoms with van der Waals surface area (Å²) in [6.07, 6.45) is 0.788. The Kier molecular flexibility index (Phi) is 4.16. The Balaban J connectivity index is 1.68. The molecule has 8 nitrogen and oxygen atoms in total. The molecule has 1 aromatic carbocycles. The van der Waals surface area contributed by atoms with E-state index >= 15 is 0 Å². The van der Waals surface area contributed by atoms with E-state index in [0.29, 0.717) is 24.6 Å². The molecule has 2 N–H and O–H groups in total. The van der Waals surface area contributed by atoms with Crippen LogP contribution in [-0.2, 0) is 9.53 Å². The predicted molar refractivity (Wildman–Crippen MR) is 83.3 cm³/mol. The number of benzene rings is 1. The van der Waals surface area contributed by atoms with Crippen LogP contribution in [0.2, 0.25) is 0 Å². The molecule has 0 aliphatic carbocycles. The van der Waals surface area contributed by atoms with Gasteiger partial charge in [-0.2, -0.15) is 0 Å². The van der Waals surface area contributed by atoms with E-state index in [1.807, 2.05) is 0 Å². The number of imide groups is 1. The molecule has 1 aromatic rings. The van der Waals surface area contributed by atoms with Crippen molar-refractivity contribution in [2.45, 2.75) is 12.5 Å². The maximum atomic E-state index is 12.0. The molecule has 1 atom stereocenters. The zero-order valence-corrected chi connectivity index (χ0v) is 12.7. The molecule has 0 aromatic heterocycles. The molecule has 0 bridgehead atoms. The molecule has 3 rings (SSSR count). The topological polar surface area (TPSA) is 91.0 Å². The number of rotatable bonds is 3. The fourth-order valence-electron chi connectivity index (χ4n) is 2.60. The highest BCUT2D eigenvalue weighted by Crippen LogP contribution is 2.23. The number of carbonyl (C=O) groups is 3. The van der Waals surface area contributed by atoms with Crippen molar-refractivity contribution in [3.8, 4) is 0 Å². The number of nitrogens with zero attached hydrogens (tertiary/aromatic N) is 2. The number of nitrogens with one attached hydrogen (secondary N) is 2. The van der Waals surface area contributed by atoms with Crippen molar-refractivity contribution in [3.63, 3.8) is 0 Å². The number of urea groups is 2. The first-order valence-corrected chi connectivity index (χ1v) is 7.38. The maximum absolute atomic E-state index is 12.0. The summed E-state index contributed by atoms with van der Waals surface area (Å²) in [5, 5.41) is 5.52. The fraction of sp³-hybridized carbons (Fsp3) is 0.400. The lowest BCUT2D eigenvalue weighted by Gasteiger charge is -2.16. The van der Waals surface area contributed by atoms with Crippen LogP contribution in [0.25, 0.3) is 0 Å². The van der Waals surface area contributed by atoms with E-state index in [9.17, 15) is 14.4 Å². The minimum Gasteiger partial charge on any atom is -0.379 e. The van der Waals surface area contributed by atoms with Gasteiger partial charge in [-0.15, -0.1) is 0 Å². The molecule has 8 heteroatoms. The third-order valence-corrected chi connectivity index (χ3v) is 3.77. The van der Waals surface area contributed by atoms with Gasteiger partial charge in [-0.1, -0.05) is 6.07 Å². The Hall–Kier alpha value is -2.61. The SMILES string of the molecule is CN1CC(=O)N(c2cccc(NC(=O)NC3CCOC3)c2)C1=O. The second-order valence-corrected chi connectivity index (χ2v) is 5.58. The molecule has 2 saturated heterocycles. The van der Waals surface area contributed by atoms with E-state index in [2.05, 4.69) is 10.6 Å². The molecular weight excluding hydrogens is 300 g/mol. The van der Waals surface area contributed by atoms with Crippen molar-refractivity contribution in [2.24, 2.45) is 0 Å². The Morgan fingerprint density at radius 3 is 2.83 bits per heavy atom. The minimum atomic E-state index is -0.375. The molecule has 5 amide bonds. The summed E-state index contributed by atoms with van der Waals surface area (Å²) in [5.74, 6) is -0.290. The molecule has 23 heavy (non-hydrogen) atoms. The van der Waals surface area contributed by atoms with Gasteiger partial charge < -0.3 is 20.3 Å². The number of hydrogen-bond acceptors (Lipinski definition) is 4. The Bertz CT molecular complexity index is 642. The average Bonchev–Trinajstić information content (AvgIpc) is 3.08. The highest BCUT2D eigenvalue weighted by atomic mass is 16.5. The summed E-state index contributed by atoms with van der Waals surface area (Å²) in [4.78, 5) is 38.3. The number of carbonyl (C=O) groups excluding carboxylic acids is 3. The van der Waals surface area contributed by atoms with Crippen LogP contribution >= 0.6 is 0 Å². The summed E-state index contributed by atoms with van der Waals surface area (Å²) >= 11 is 0. The Morgan fingerprint density at radius 2 is 2.17 bits per heavy atom. The summed E-state index contributed by atoms with van der Waals surface area (Å²) < 4.78 is 5.20. The zero-order chi connectivity index (χ0) is 16.4. The smallest absolute Gasteiger partial charge is 0.331 e. The number of anilines is 2. The number of likely N-dealkylation sites (N-methyl/N-ethyl adjacent to an activating group) is 1. The molecule has 2 aliphatic rings. The van der Waals surface area contributed by atoms with Gasteiger partial charge in [0.1, 0.15) is 6.54 Å². The maximum Gasteiger partial charge on any atom is 0.331 e. The van der Waals surface area contributed by atoms with Crippen LogP contribution in [0.4, 0.5) is 21.0 Å². The second-order valence-electron chi connectivity index (χ2n) is 5.58. The van der Waals surface area contributed by atoms with Gasteiger partial charge in [0.15, 0.2) is 0 Å². The fourth-order valence-corrected chi connectivity index (χ4v) is 2.60. The molecule has 2 heterocycles. The number of ether oxygens (including phenoxy) is 1. The van der Waals surface area contributed by atoms with E-state index in [1.165, 1.54) is 4.90 Å². The largest absolute Gasteiger partial charge is 0.379 e. The van der Waals surface area contributed by atoms with Crippen LogP contribution < -0.4 is 15.5 Å². The average molecular weight is 318 g/mol. The zero-order valence-electron chi connectivity index (χ0n) is 12.7. The van der Waals surface area contributed by atoms with Gasteiger partial charge in [0.25, 0.3) is 5.91 Å². The van der Waals surface area contributed by atoms with Crippen LogP contribution in [0.5, 0.6) is 0 Å². The predicted octanol–water partition coefficient (Wildman–Crippen LogP) is 0.995. The summed E-state index contributed by atoms with van der Waals surface area (Å²) in [6, 6.07) is 5.93. The van der Waals surface area contributed by atoms with Gasteiger partial charge in [0.2, 0.25) is 0 Å². The van der Waals surface area contributed by atoms with Crippen molar-refractivity contribution in [3.05, 3.63) is 24.3 Å². The van der Waals surface area contributed by atoms with Crippen molar-refractivity contribution < 1.29 is 19.1 Å². The van der Waals surface area contributed by atoms with Gasteiger partial charge >= 0.3 is 12.1 Å². The number of amides is 5. The van der Waals surface area contributed by atoms with E-state index in [4.69, 9.17) is 4.74 Å². The molecular formula is C15H18N4O4. The molecule has 122 valence electrons. The second kappa shape index (κ2) is 6.25. The van der Waals surface area contributed by atoms with Gasteiger partial charge in [0, 0.05) is 19.3 Å². The lowest BCUT2D eigenvalue weighted by Crippen LogP contribution is -2.38. The van der Waals surface area contributed by atoms with Gasteiger partial charge in [-0.25, -0.2) is 14.5 Å². The van der Waals surface area contributed by atoms with Crippen molar-refractivity contribution in [1.29, 1.82) is 0 Å². The summed E-state index contributed by atoms with van der Waals surface area (Å²) in [6.45, 7) is 1.21. The van der Waals surface area contributed by atoms with Gasteiger partial charge in [0.05, 0.1) is 18.3 Å². The first-order valence-electron chi connectivity index (χ1n) is 7.38. The lowest BCUT2D eigenvalue weighted by atomic mass is 10.2. The van der Waals surface area contributed by atoms with E-state index in [-0.39, 0.29) is 30.6 Å². The molecule has 1 unspecified atom stereocenters. The van der Waals surface area contributed by atoms with E-state index in [0.717, 1.165) is 11.3 Å². The summed E-state index contributed by atoms with van der Waals surface area (Å²) in [5.41, 5.74) is 0.945. The molecule has 0 saturated carbocycles. The van der Waals surface area contributed by atoms with Crippen molar-refractivity contribution >= 4 is 29.3 Å². The van der Waals surface area contributed by atoms with Crippen LogP contribution in [0.15, 0.2) is 24.3 Å². The molecule has 0 spiro atoms. The number of hydrogen-bond donors (Lipinski definition) is 2. The normalized spacial score (nSPS) is 21.0. The van der Waals surface area contributed by atoms with E-state index in [1.54, 1.807) is 31.3 Å².